The Labute approximate surface area is 165 Å². The maximum atomic E-state index is 12.3. The van der Waals surface area contributed by atoms with Crippen molar-refractivity contribution in [3.05, 3.63) is 34.7 Å². The number of morpholine rings is 1. The zero-order chi connectivity index (χ0) is 19.2. The molecule has 1 fully saturated rings. The van der Waals surface area contributed by atoms with Crippen LogP contribution in [-0.2, 0) is 9.53 Å². The van der Waals surface area contributed by atoms with E-state index < -0.39 is 0 Å². The van der Waals surface area contributed by atoms with Gasteiger partial charge in [0, 0.05) is 13.1 Å². The zero-order valence-electron chi connectivity index (χ0n) is 16.3. The maximum Gasteiger partial charge on any atom is 0.286 e. The molecule has 1 aromatic carbocycles. The summed E-state index contributed by atoms with van der Waals surface area (Å²) in [5, 5.41) is 0.782. The Morgan fingerprint density at radius 2 is 1.93 bits per heavy atom. The Hall–Kier alpha value is -1.79. The van der Waals surface area contributed by atoms with E-state index in [2.05, 4.69) is 16.8 Å². The average Bonchev–Trinajstić information content (AvgIpc) is 3.00. The molecule has 0 bridgehead atoms. The van der Waals surface area contributed by atoms with Crippen molar-refractivity contribution in [2.75, 3.05) is 19.7 Å². The molecular weight excluding hydrogens is 360 g/mol. The molecule has 2 heterocycles. The van der Waals surface area contributed by atoms with Gasteiger partial charge in [-0.3, -0.25) is 4.79 Å². The Bertz CT molecular complexity index is 705. The molecular formula is C21H28N2O3S. The molecule has 6 heteroatoms. The van der Waals surface area contributed by atoms with Crippen molar-refractivity contribution in [1.29, 1.82) is 0 Å². The van der Waals surface area contributed by atoms with E-state index in [1.807, 2.05) is 44.2 Å². The average molecular weight is 389 g/mol. The Balaban J connectivity index is 1.59. The first-order valence-corrected chi connectivity index (χ1v) is 10.5. The van der Waals surface area contributed by atoms with Crippen LogP contribution in [0.15, 0.2) is 34.2 Å². The number of rotatable bonds is 6. The molecule has 3 rings (SSSR count). The summed E-state index contributed by atoms with van der Waals surface area (Å²) in [6, 6.07) is 7.87. The van der Waals surface area contributed by atoms with Gasteiger partial charge in [0.1, 0.15) is 5.75 Å². The number of carbonyl (C=O) groups excluding carboxylic acids is 1. The molecule has 146 valence electrons. The summed E-state index contributed by atoms with van der Waals surface area (Å²) in [5.41, 5.74) is 0.979. The third-order valence-corrected chi connectivity index (χ3v) is 5.54. The second kappa shape index (κ2) is 9.42. The molecule has 0 aliphatic carbocycles. The standard InChI is InChI=1S/C21H28N2O3S/c1-4-5-6-11-25-18-9-7-17(8-10-18)12-19-20(24)22-21(27-19)23-13-15(2)26-16(3)14-23/h7-10,12,15-16H,4-6,11,13-14H2,1-3H3/b19-12+. The Morgan fingerprint density at radius 3 is 2.59 bits per heavy atom. The predicted octanol–water partition coefficient (Wildman–Crippen LogP) is 4.34. The number of hydrogen-bond acceptors (Lipinski definition) is 5. The molecule has 0 spiro atoms. The van der Waals surface area contributed by atoms with Crippen molar-refractivity contribution in [2.24, 2.45) is 4.99 Å². The van der Waals surface area contributed by atoms with Crippen LogP contribution in [0.4, 0.5) is 0 Å². The number of nitrogens with zero attached hydrogens (tertiary/aromatic N) is 2. The quantitative estimate of drug-likeness (QED) is 0.536. The predicted molar refractivity (Wildman–Crippen MR) is 111 cm³/mol. The van der Waals surface area contributed by atoms with Crippen LogP contribution in [0, 0.1) is 0 Å². The van der Waals surface area contributed by atoms with Crippen molar-refractivity contribution >= 4 is 28.9 Å². The fourth-order valence-electron chi connectivity index (χ4n) is 3.22. The van der Waals surface area contributed by atoms with Crippen molar-refractivity contribution < 1.29 is 14.3 Å². The van der Waals surface area contributed by atoms with E-state index in [1.165, 1.54) is 24.6 Å². The number of amides is 1. The summed E-state index contributed by atoms with van der Waals surface area (Å²) in [4.78, 5) is 19.4. The zero-order valence-corrected chi connectivity index (χ0v) is 17.1. The van der Waals surface area contributed by atoms with Gasteiger partial charge in [-0.15, -0.1) is 0 Å². The van der Waals surface area contributed by atoms with Gasteiger partial charge >= 0.3 is 0 Å². The third-order valence-electron chi connectivity index (χ3n) is 4.49. The lowest BCUT2D eigenvalue weighted by atomic mass is 10.2. The van der Waals surface area contributed by atoms with Crippen LogP contribution in [0.3, 0.4) is 0 Å². The topological polar surface area (TPSA) is 51.1 Å². The fraction of sp³-hybridized carbons (Fsp3) is 0.524. The van der Waals surface area contributed by atoms with Gasteiger partial charge in [0.2, 0.25) is 0 Å². The van der Waals surface area contributed by atoms with E-state index in [0.29, 0.717) is 4.91 Å². The summed E-state index contributed by atoms with van der Waals surface area (Å²) >= 11 is 1.45. The number of aliphatic imine (C=N–C) groups is 1. The van der Waals surface area contributed by atoms with Crippen molar-refractivity contribution in [3.8, 4) is 5.75 Å². The molecule has 27 heavy (non-hydrogen) atoms. The molecule has 5 nitrogen and oxygen atoms in total. The van der Waals surface area contributed by atoms with Crippen LogP contribution in [0.1, 0.15) is 45.6 Å². The first-order chi connectivity index (χ1) is 13.0. The van der Waals surface area contributed by atoms with Crippen LogP contribution in [-0.4, -0.2) is 47.9 Å². The van der Waals surface area contributed by atoms with Gasteiger partial charge in [0.05, 0.1) is 23.7 Å². The molecule has 0 aromatic heterocycles. The molecule has 1 amide bonds. The van der Waals surface area contributed by atoms with E-state index in [4.69, 9.17) is 9.47 Å². The van der Waals surface area contributed by atoms with Crippen LogP contribution in [0.5, 0.6) is 5.75 Å². The van der Waals surface area contributed by atoms with Gasteiger partial charge in [-0.25, -0.2) is 0 Å². The van der Waals surface area contributed by atoms with Gasteiger partial charge in [-0.1, -0.05) is 31.9 Å². The highest BCUT2D eigenvalue weighted by molar-refractivity contribution is 8.18. The monoisotopic (exact) mass is 388 g/mol. The van der Waals surface area contributed by atoms with E-state index in [9.17, 15) is 4.79 Å². The summed E-state index contributed by atoms with van der Waals surface area (Å²) < 4.78 is 11.5. The molecule has 2 atom stereocenters. The lowest BCUT2D eigenvalue weighted by molar-refractivity contribution is -0.113. The van der Waals surface area contributed by atoms with Gasteiger partial charge in [0.25, 0.3) is 5.91 Å². The number of ether oxygens (including phenoxy) is 2. The summed E-state index contributed by atoms with van der Waals surface area (Å²) in [7, 11) is 0. The first-order valence-electron chi connectivity index (χ1n) is 9.71. The molecule has 2 aliphatic rings. The second-order valence-electron chi connectivity index (χ2n) is 7.10. The molecule has 1 saturated heterocycles. The van der Waals surface area contributed by atoms with Crippen LogP contribution in [0.25, 0.3) is 6.08 Å². The van der Waals surface area contributed by atoms with E-state index >= 15 is 0 Å². The molecule has 2 unspecified atom stereocenters. The largest absolute Gasteiger partial charge is 0.494 e. The highest BCUT2D eigenvalue weighted by atomic mass is 32.2. The molecule has 1 aromatic rings. The number of amidine groups is 1. The van der Waals surface area contributed by atoms with Crippen LogP contribution < -0.4 is 4.74 Å². The van der Waals surface area contributed by atoms with E-state index in [-0.39, 0.29) is 18.1 Å². The molecule has 2 aliphatic heterocycles. The lowest BCUT2D eigenvalue weighted by Gasteiger charge is -2.35. The van der Waals surface area contributed by atoms with Crippen molar-refractivity contribution in [1.82, 2.24) is 4.90 Å². The minimum absolute atomic E-state index is 0.144. The normalized spacial score (nSPS) is 24.4. The van der Waals surface area contributed by atoms with E-state index in [0.717, 1.165) is 42.6 Å². The maximum absolute atomic E-state index is 12.3. The summed E-state index contributed by atoms with van der Waals surface area (Å²) in [5.74, 6) is 0.702. The Kier molecular flexibility index (Phi) is 6.96. The van der Waals surface area contributed by atoms with Gasteiger partial charge in [-0.2, -0.15) is 4.99 Å². The van der Waals surface area contributed by atoms with Crippen molar-refractivity contribution in [2.45, 2.75) is 52.2 Å². The highest BCUT2D eigenvalue weighted by Gasteiger charge is 2.30. The third kappa shape index (κ3) is 5.59. The molecule has 0 saturated carbocycles. The number of carbonyl (C=O) groups is 1. The van der Waals surface area contributed by atoms with Crippen molar-refractivity contribution in [3.63, 3.8) is 0 Å². The van der Waals surface area contributed by atoms with Crippen LogP contribution >= 0.6 is 11.8 Å². The molecule has 0 N–H and O–H groups in total. The second-order valence-corrected chi connectivity index (χ2v) is 8.11. The van der Waals surface area contributed by atoms with Gasteiger partial charge < -0.3 is 14.4 Å². The first kappa shape index (κ1) is 20.0. The SMILES string of the molecule is CCCCCOc1ccc(/C=C2/SC(N3CC(C)OC(C)C3)=NC2=O)cc1. The van der Waals surface area contributed by atoms with Gasteiger partial charge in [0.15, 0.2) is 5.17 Å². The minimum Gasteiger partial charge on any atom is -0.494 e. The van der Waals surface area contributed by atoms with E-state index in [1.54, 1.807) is 0 Å². The summed E-state index contributed by atoms with van der Waals surface area (Å²) in [6.45, 7) is 8.55. The molecule has 0 radical (unpaired) electrons. The summed E-state index contributed by atoms with van der Waals surface area (Å²) in [6.07, 6.45) is 5.64. The minimum atomic E-state index is -0.165. The number of benzene rings is 1. The van der Waals surface area contributed by atoms with Crippen LogP contribution in [0.2, 0.25) is 0 Å². The smallest absolute Gasteiger partial charge is 0.286 e. The number of unbranched alkanes of at least 4 members (excludes halogenated alkanes) is 2. The van der Waals surface area contributed by atoms with Gasteiger partial charge in [-0.05, 0) is 55.8 Å². The Morgan fingerprint density at radius 1 is 1.22 bits per heavy atom. The number of thioether (sulfide) groups is 1. The number of hydrogen-bond donors (Lipinski definition) is 0. The highest BCUT2D eigenvalue weighted by Crippen LogP contribution is 2.31. The lowest BCUT2D eigenvalue weighted by Crippen LogP contribution is -2.47. The fourth-order valence-corrected chi connectivity index (χ4v) is 4.15.